The second kappa shape index (κ2) is 7.30. The first-order chi connectivity index (χ1) is 13.3. The van der Waals surface area contributed by atoms with Gasteiger partial charge < -0.3 is 5.73 Å². The van der Waals surface area contributed by atoms with Crippen LogP contribution in [0.3, 0.4) is 0 Å². The van der Waals surface area contributed by atoms with Gasteiger partial charge >= 0.3 is 0 Å². The van der Waals surface area contributed by atoms with Crippen molar-refractivity contribution in [1.82, 2.24) is 0 Å². The number of aldehydes is 1. The maximum absolute atomic E-state index is 10.9. The zero-order valence-corrected chi connectivity index (χ0v) is 14.8. The van der Waals surface area contributed by atoms with E-state index in [9.17, 15) is 4.79 Å². The van der Waals surface area contributed by atoms with Crippen LogP contribution in [-0.2, 0) is 0 Å². The van der Waals surface area contributed by atoms with Gasteiger partial charge in [-0.1, -0.05) is 97.1 Å². The fourth-order valence-electron chi connectivity index (χ4n) is 3.28. The molecule has 0 aliphatic carbocycles. The summed E-state index contributed by atoms with van der Waals surface area (Å²) < 4.78 is 0. The lowest BCUT2D eigenvalue weighted by Crippen LogP contribution is -1.94. The molecule has 130 valence electrons. The summed E-state index contributed by atoms with van der Waals surface area (Å²) in [6.45, 7) is 0. The number of rotatable bonds is 4. The molecular formula is C25H19NO. The minimum Gasteiger partial charge on any atom is -0.398 e. The topological polar surface area (TPSA) is 43.1 Å². The van der Waals surface area contributed by atoms with Gasteiger partial charge in [0.25, 0.3) is 0 Å². The molecule has 2 N–H and O–H groups in total. The fraction of sp³-hybridized carbons (Fsp3) is 0. The van der Waals surface area contributed by atoms with E-state index in [0.29, 0.717) is 5.56 Å². The third-order valence-electron chi connectivity index (χ3n) is 4.77. The van der Waals surface area contributed by atoms with Gasteiger partial charge in [0.15, 0.2) is 0 Å². The minimum absolute atomic E-state index is 0.657. The van der Waals surface area contributed by atoms with Gasteiger partial charge in [-0.25, -0.2) is 0 Å². The number of nitrogens with two attached hydrogens (primary N) is 1. The number of anilines is 1. The number of para-hydroxylation sites is 1. The number of hydrogen-bond acceptors (Lipinski definition) is 2. The first kappa shape index (κ1) is 16.8. The predicted octanol–water partition coefficient (Wildman–Crippen LogP) is 6.08. The van der Waals surface area contributed by atoms with Crippen molar-refractivity contribution in [3.8, 4) is 33.4 Å². The highest BCUT2D eigenvalue weighted by molar-refractivity contribution is 5.90. The van der Waals surface area contributed by atoms with Crippen molar-refractivity contribution in [1.29, 1.82) is 0 Å². The standard InChI is InChI=1S/C25H19NO/c26-25-23(21-11-9-18(17-27)10-12-21)7-4-8-24(25)22-15-13-20(14-16-22)19-5-2-1-3-6-19/h1-17H,26H2. The van der Waals surface area contributed by atoms with Crippen molar-refractivity contribution >= 4 is 12.0 Å². The summed E-state index contributed by atoms with van der Waals surface area (Å²) in [5.74, 6) is 0. The van der Waals surface area contributed by atoms with Crippen molar-refractivity contribution < 1.29 is 4.79 Å². The minimum atomic E-state index is 0.657. The van der Waals surface area contributed by atoms with E-state index in [0.717, 1.165) is 34.2 Å². The summed E-state index contributed by atoms with van der Waals surface area (Å²) in [6.07, 6.45) is 0.845. The van der Waals surface area contributed by atoms with Crippen LogP contribution in [0.4, 0.5) is 5.69 Å². The second-order valence-electron chi connectivity index (χ2n) is 6.45. The molecule has 27 heavy (non-hydrogen) atoms. The van der Waals surface area contributed by atoms with Crippen LogP contribution >= 0.6 is 0 Å². The van der Waals surface area contributed by atoms with Crippen LogP contribution in [0, 0.1) is 0 Å². The normalized spacial score (nSPS) is 10.5. The molecule has 4 aromatic rings. The van der Waals surface area contributed by atoms with Crippen molar-refractivity contribution in [2.75, 3.05) is 5.73 Å². The summed E-state index contributed by atoms with van der Waals surface area (Å²) in [5, 5.41) is 0. The van der Waals surface area contributed by atoms with E-state index >= 15 is 0 Å². The highest BCUT2D eigenvalue weighted by atomic mass is 16.1. The monoisotopic (exact) mass is 349 g/mol. The van der Waals surface area contributed by atoms with Crippen molar-refractivity contribution in [3.05, 3.63) is 103 Å². The van der Waals surface area contributed by atoms with Gasteiger partial charge in [0.2, 0.25) is 0 Å². The van der Waals surface area contributed by atoms with E-state index in [1.807, 2.05) is 60.7 Å². The Morgan fingerprint density at radius 1 is 0.519 bits per heavy atom. The van der Waals surface area contributed by atoms with E-state index in [2.05, 4.69) is 36.4 Å². The van der Waals surface area contributed by atoms with Gasteiger partial charge in [-0.3, -0.25) is 4.79 Å². The lowest BCUT2D eigenvalue weighted by molar-refractivity contribution is 0.112. The van der Waals surface area contributed by atoms with Gasteiger partial charge in [-0.15, -0.1) is 0 Å². The Hall–Kier alpha value is -3.65. The van der Waals surface area contributed by atoms with Gasteiger partial charge in [-0.05, 0) is 22.3 Å². The molecule has 2 heteroatoms. The molecule has 0 unspecified atom stereocenters. The maximum atomic E-state index is 10.9. The largest absolute Gasteiger partial charge is 0.398 e. The number of nitrogen functional groups attached to an aromatic ring is 1. The van der Waals surface area contributed by atoms with Crippen LogP contribution in [0.1, 0.15) is 10.4 Å². The summed E-state index contributed by atoms with van der Waals surface area (Å²) in [7, 11) is 0. The van der Waals surface area contributed by atoms with Crippen molar-refractivity contribution in [2.45, 2.75) is 0 Å². The molecular weight excluding hydrogens is 330 g/mol. The Bertz CT molecular complexity index is 1070. The summed E-state index contributed by atoms with van der Waals surface area (Å²) in [5.41, 5.74) is 14.3. The van der Waals surface area contributed by atoms with E-state index in [1.165, 1.54) is 11.1 Å². The maximum Gasteiger partial charge on any atom is 0.150 e. The first-order valence-corrected chi connectivity index (χ1v) is 8.86. The zero-order valence-electron chi connectivity index (χ0n) is 14.8. The smallest absolute Gasteiger partial charge is 0.150 e. The van der Waals surface area contributed by atoms with Crippen LogP contribution in [-0.4, -0.2) is 6.29 Å². The highest BCUT2D eigenvalue weighted by Crippen LogP contribution is 2.35. The average Bonchev–Trinajstić information content (AvgIpc) is 2.75. The lowest BCUT2D eigenvalue weighted by atomic mass is 9.94. The van der Waals surface area contributed by atoms with Crippen LogP contribution in [0.5, 0.6) is 0 Å². The van der Waals surface area contributed by atoms with E-state index < -0.39 is 0 Å². The van der Waals surface area contributed by atoms with Gasteiger partial charge in [0.05, 0.1) is 0 Å². The summed E-state index contributed by atoms with van der Waals surface area (Å²) in [6, 6.07) is 32.3. The third-order valence-corrected chi connectivity index (χ3v) is 4.77. The molecule has 0 heterocycles. The summed E-state index contributed by atoms with van der Waals surface area (Å²) >= 11 is 0. The van der Waals surface area contributed by atoms with Crippen molar-refractivity contribution in [3.63, 3.8) is 0 Å². The van der Waals surface area contributed by atoms with E-state index in [-0.39, 0.29) is 0 Å². The third kappa shape index (κ3) is 3.38. The van der Waals surface area contributed by atoms with Gasteiger partial charge in [0, 0.05) is 22.4 Å². The Kier molecular flexibility index (Phi) is 4.54. The molecule has 0 aliphatic rings. The Morgan fingerprint density at radius 3 is 1.56 bits per heavy atom. The van der Waals surface area contributed by atoms with Crippen LogP contribution in [0.15, 0.2) is 97.1 Å². The Balaban J connectivity index is 1.71. The molecule has 4 aromatic carbocycles. The highest BCUT2D eigenvalue weighted by Gasteiger charge is 2.09. The molecule has 0 saturated carbocycles. The molecule has 0 amide bonds. The Labute approximate surface area is 158 Å². The van der Waals surface area contributed by atoms with Crippen LogP contribution < -0.4 is 5.73 Å². The van der Waals surface area contributed by atoms with E-state index in [4.69, 9.17) is 5.73 Å². The first-order valence-electron chi connectivity index (χ1n) is 8.86. The molecule has 0 bridgehead atoms. The molecule has 0 aliphatic heterocycles. The number of carbonyl (C=O) groups is 1. The quantitative estimate of drug-likeness (QED) is 0.358. The molecule has 0 saturated heterocycles. The molecule has 0 fully saturated rings. The molecule has 0 spiro atoms. The molecule has 0 atom stereocenters. The second-order valence-corrected chi connectivity index (χ2v) is 6.45. The van der Waals surface area contributed by atoms with E-state index in [1.54, 1.807) is 0 Å². The van der Waals surface area contributed by atoms with Gasteiger partial charge in [0.1, 0.15) is 6.29 Å². The zero-order chi connectivity index (χ0) is 18.6. The van der Waals surface area contributed by atoms with Gasteiger partial charge in [-0.2, -0.15) is 0 Å². The molecule has 0 aromatic heterocycles. The van der Waals surface area contributed by atoms with Crippen LogP contribution in [0.25, 0.3) is 33.4 Å². The predicted molar refractivity (Wildman–Crippen MR) is 113 cm³/mol. The summed E-state index contributed by atoms with van der Waals surface area (Å²) in [4.78, 5) is 10.9. The van der Waals surface area contributed by atoms with Crippen molar-refractivity contribution in [2.24, 2.45) is 0 Å². The molecule has 4 rings (SSSR count). The SMILES string of the molecule is Nc1c(-c2ccc(C=O)cc2)cccc1-c1ccc(-c2ccccc2)cc1. The molecule has 2 nitrogen and oxygen atoms in total. The lowest BCUT2D eigenvalue weighted by Gasteiger charge is -2.12. The number of benzene rings is 4. The number of carbonyl (C=O) groups excluding carboxylic acids is 1. The Morgan fingerprint density at radius 2 is 1.00 bits per heavy atom. The molecule has 0 radical (unpaired) electrons. The van der Waals surface area contributed by atoms with Crippen LogP contribution in [0.2, 0.25) is 0 Å². The average molecular weight is 349 g/mol. The number of hydrogen-bond donors (Lipinski definition) is 1. The fourth-order valence-corrected chi connectivity index (χ4v) is 3.28.